The molecule has 0 aliphatic rings. The first-order valence-electron chi connectivity index (χ1n) is 4.67. The third-order valence-corrected chi connectivity index (χ3v) is 2.29. The van der Waals surface area contributed by atoms with Gasteiger partial charge in [-0.3, -0.25) is 0 Å². The maximum Gasteiger partial charge on any atom is 0.169 e. The normalized spacial score (nSPS) is 8.88. The molecule has 0 atom stereocenters. The number of aromatic nitrogens is 2. The summed E-state index contributed by atoms with van der Waals surface area (Å²) in [6.45, 7) is 0. The van der Waals surface area contributed by atoms with E-state index in [2.05, 4.69) is 49.1 Å². The van der Waals surface area contributed by atoms with Crippen molar-refractivity contribution in [3.8, 4) is 11.1 Å². The van der Waals surface area contributed by atoms with Gasteiger partial charge in [0.2, 0.25) is 0 Å². The molecule has 0 radical (unpaired) electrons. The molecule has 0 fully saturated rings. The van der Waals surface area contributed by atoms with Gasteiger partial charge in [0.1, 0.15) is 14.1 Å². The zero-order chi connectivity index (χ0) is 9.97. The molecule has 0 amide bonds. The molecule has 16 heavy (non-hydrogen) atoms. The van der Waals surface area contributed by atoms with E-state index in [1.165, 1.54) is 11.1 Å². The highest BCUT2D eigenvalue weighted by molar-refractivity contribution is 5.85. The van der Waals surface area contributed by atoms with E-state index in [1.54, 1.807) is 0 Å². The highest BCUT2D eigenvalue weighted by Crippen LogP contribution is 2.14. The van der Waals surface area contributed by atoms with Crippen molar-refractivity contribution in [1.29, 1.82) is 0 Å². The summed E-state index contributed by atoms with van der Waals surface area (Å²) in [4.78, 5) is 0. The Hall–Kier alpha value is -1.12. The van der Waals surface area contributed by atoms with Crippen LogP contribution in [0, 0.1) is 0 Å². The minimum Gasteiger partial charge on any atom is -0.208 e. The lowest BCUT2D eigenvalue weighted by Crippen LogP contribution is -2.26. The first-order chi connectivity index (χ1) is 6.75. The van der Waals surface area contributed by atoms with Gasteiger partial charge in [-0.2, -0.15) is 0 Å². The van der Waals surface area contributed by atoms with Crippen LogP contribution in [0.5, 0.6) is 0 Å². The van der Waals surface area contributed by atoms with E-state index in [4.69, 9.17) is 0 Å². The van der Waals surface area contributed by atoms with Gasteiger partial charge >= 0.3 is 0 Å². The van der Waals surface area contributed by atoms with Crippen LogP contribution in [0.4, 0.5) is 0 Å². The summed E-state index contributed by atoms with van der Waals surface area (Å²) in [6, 6.07) is 8.48. The molecule has 0 aliphatic heterocycles. The molecule has 0 N–H and O–H groups in total. The summed E-state index contributed by atoms with van der Waals surface area (Å²) in [7, 11) is 4.05. The van der Waals surface area contributed by atoms with Gasteiger partial charge < -0.3 is 0 Å². The SMILES string of the molecule is C[n+]1ccc(-c2cc[n+](C)cc2)cc1.Cl.Cl. The zero-order valence-corrected chi connectivity index (χ0v) is 11.0. The topological polar surface area (TPSA) is 7.76 Å². The standard InChI is InChI=1S/C12H14N2.2ClH/c1-13-7-3-11(4-8-13)12-5-9-14(2)10-6-12;;/h3-10H,1-2H3;2*1H/q+2;;. The Labute approximate surface area is 108 Å². The van der Waals surface area contributed by atoms with Crippen LogP contribution in [0.3, 0.4) is 0 Å². The van der Waals surface area contributed by atoms with Gasteiger partial charge in [-0.05, 0) is 11.1 Å². The molecule has 0 aliphatic carbocycles. The predicted octanol–water partition coefficient (Wildman–Crippen LogP) is 1.85. The number of nitrogens with zero attached hydrogens (tertiary/aromatic N) is 2. The van der Waals surface area contributed by atoms with Crippen molar-refractivity contribution in [2.24, 2.45) is 14.1 Å². The third kappa shape index (κ3) is 3.47. The molecule has 2 rings (SSSR count). The van der Waals surface area contributed by atoms with Gasteiger partial charge in [0.25, 0.3) is 0 Å². The van der Waals surface area contributed by atoms with Crippen LogP contribution in [0.1, 0.15) is 0 Å². The van der Waals surface area contributed by atoms with Gasteiger partial charge in [0.05, 0.1) is 0 Å². The monoisotopic (exact) mass is 258 g/mol. The second kappa shape index (κ2) is 6.46. The van der Waals surface area contributed by atoms with Crippen LogP contribution in [-0.2, 0) is 14.1 Å². The Bertz CT molecular complexity index is 380. The van der Waals surface area contributed by atoms with Crippen LogP contribution in [0.15, 0.2) is 49.1 Å². The molecular formula is C12H16Cl2N2+2. The second-order valence-electron chi connectivity index (χ2n) is 3.50. The van der Waals surface area contributed by atoms with Crippen LogP contribution >= 0.6 is 24.8 Å². The fraction of sp³-hybridized carbons (Fsp3) is 0.167. The third-order valence-electron chi connectivity index (χ3n) is 2.29. The van der Waals surface area contributed by atoms with Crippen molar-refractivity contribution in [2.75, 3.05) is 0 Å². The molecule has 4 heteroatoms. The maximum atomic E-state index is 2.12. The average Bonchev–Trinajstić information content (AvgIpc) is 2.21. The Morgan fingerprint density at radius 3 is 1.12 bits per heavy atom. The minimum atomic E-state index is 0. The van der Waals surface area contributed by atoms with Crippen LogP contribution in [-0.4, -0.2) is 0 Å². The molecule has 2 aromatic rings. The average molecular weight is 259 g/mol. The summed E-state index contributed by atoms with van der Waals surface area (Å²) < 4.78 is 4.07. The summed E-state index contributed by atoms with van der Waals surface area (Å²) in [6.07, 6.45) is 8.23. The molecule has 2 nitrogen and oxygen atoms in total. The summed E-state index contributed by atoms with van der Waals surface area (Å²) in [5.74, 6) is 0. The molecule has 0 spiro atoms. The lowest BCUT2D eigenvalue weighted by molar-refractivity contribution is -0.671. The van der Waals surface area contributed by atoms with E-state index in [0.717, 1.165) is 0 Å². The maximum absolute atomic E-state index is 2.12. The van der Waals surface area contributed by atoms with E-state index in [0.29, 0.717) is 0 Å². The molecule has 2 heterocycles. The molecule has 2 aromatic heterocycles. The van der Waals surface area contributed by atoms with Crippen molar-refractivity contribution in [3.63, 3.8) is 0 Å². The van der Waals surface area contributed by atoms with Gasteiger partial charge in [-0.15, -0.1) is 24.8 Å². The van der Waals surface area contributed by atoms with Crippen molar-refractivity contribution < 1.29 is 9.13 Å². The number of hydrogen-bond donors (Lipinski definition) is 0. The summed E-state index contributed by atoms with van der Waals surface area (Å²) in [5.41, 5.74) is 2.51. The lowest BCUT2D eigenvalue weighted by atomic mass is 10.1. The zero-order valence-electron chi connectivity index (χ0n) is 9.33. The van der Waals surface area contributed by atoms with Crippen molar-refractivity contribution in [2.45, 2.75) is 0 Å². The smallest absolute Gasteiger partial charge is 0.169 e. The Kier molecular flexibility index (Phi) is 6.01. The van der Waals surface area contributed by atoms with Crippen LogP contribution < -0.4 is 9.13 Å². The second-order valence-corrected chi connectivity index (χ2v) is 3.50. The van der Waals surface area contributed by atoms with Crippen molar-refractivity contribution in [1.82, 2.24) is 0 Å². The van der Waals surface area contributed by atoms with E-state index in [9.17, 15) is 0 Å². The molecule has 86 valence electrons. The number of rotatable bonds is 1. The first kappa shape index (κ1) is 14.9. The van der Waals surface area contributed by atoms with Gasteiger partial charge in [-0.1, -0.05) is 0 Å². The number of halogens is 2. The number of aryl methyl sites for hydroxylation is 2. The number of hydrogen-bond acceptors (Lipinski definition) is 0. The summed E-state index contributed by atoms with van der Waals surface area (Å²) >= 11 is 0. The quantitative estimate of drug-likeness (QED) is 0.690. The van der Waals surface area contributed by atoms with Crippen LogP contribution in [0.25, 0.3) is 11.1 Å². The van der Waals surface area contributed by atoms with Crippen molar-refractivity contribution in [3.05, 3.63) is 49.1 Å². The van der Waals surface area contributed by atoms with Gasteiger partial charge in [0.15, 0.2) is 24.8 Å². The molecular weight excluding hydrogens is 243 g/mol. The van der Waals surface area contributed by atoms with Gasteiger partial charge in [0, 0.05) is 24.3 Å². The summed E-state index contributed by atoms with van der Waals surface area (Å²) in [5, 5.41) is 0. The Balaban J connectivity index is 0.00000112. The lowest BCUT2D eigenvalue weighted by Gasteiger charge is -1.97. The largest absolute Gasteiger partial charge is 0.208 e. The number of pyridine rings is 2. The molecule has 0 saturated carbocycles. The first-order valence-corrected chi connectivity index (χ1v) is 4.67. The fourth-order valence-electron chi connectivity index (χ4n) is 1.39. The van der Waals surface area contributed by atoms with Gasteiger partial charge in [-0.25, -0.2) is 9.13 Å². The van der Waals surface area contributed by atoms with E-state index >= 15 is 0 Å². The fourth-order valence-corrected chi connectivity index (χ4v) is 1.39. The molecule has 0 aromatic carbocycles. The Morgan fingerprint density at radius 1 is 0.625 bits per heavy atom. The van der Waals surface area contributed by atoms with E-state index < -0.39 is 0 Å². The highest BCUT2D eigenvalue weighted by atomic mass is 35.5. The molecule has 0 unspecified atom stereocenters. The van der Waals surface area contributed by atoms with Crippen LogP contribution in [0.2, 0.25) is 0 Å². The molecule has 0 saturated heterocycles. The van der Waals surface area contributed by atoms with E-state index in [-0.39, 0.29) is 24.8 Å². The predicted molar refractivity (Wildman–Crippen MR) is 68.7 cm³/mol. The van der Waals surface area contributed by atoms with E-state index in [1.807, 2.05) is 23.2 Å². The highest BCUT2D eigenvalue weighted by Gasteiger charge is 2.00. The Morgan fingerprint density at radius 2 is 0.875 bits per heavy atom. The van der Waals surface area contributed by atoms with Crippen molar-refractivity contribution >= 4 is 24.8 Å². The minimum absolute atomic E-state index is 0. The molecule has 0 bridgehead atoms.